The largest absolute Gasteiger partial charge is 0.435 e. The quantitative estimate of drug-likeness (QED) is 0.823. The van der Waals surface area contributed by atoms with Gasteiger partial charge < -0.3 is 0 Å². The lowest BCUT2D eigenvalue weighted by Gasteiger charge is -2.03. The van der Waals surface area contributed by atoms with Crippen LogP contribution >= 0.6 is 0 Å². The van der Waals surface area contributed by atoms with E-state index in [1.807, 2.05) is 6.07 Å². The van der Waals surface area contributed by atoms with E-state index in [2.05, 4.69) is 5.10 Å². The summed E-state index contributed by atoms with van der Waals surface area (Å²) in [5, 5.41) is 12.2. The fourth-order valence-corrected chi connectivity index (χ4v) is 1.53. The Labute approximate surface area is 101 Å². The molecule has 2 aromatic rings. The number of halogens is 3. The van der Waals surface area contributed by atoms with E-state index in [-0.39, 0.29) is 6.54 Å². The molecule has 0 saturated heterocycles. The molecule has 92 valence electrons. The molecule has 3 nitrogen and oxygen atoms in total. The van der Waals surface area contributed by atoms with Crippen molar-refractivity contribution in [2.75, 3.05) is 0 Å². The van der Waals surface area contributed by atoms with Gasteiger partial charge >= 0.3 is 6.18 Å². The zero-order valence-corrected chi connectivity index (χ0v) is 9.15. The average Bonchev–Trinajstić information content (AvgIpc) is 2.77. The Bertz CT molecular complexity index is 593. The predicted octanol–water partition coefficient (Wildman–Crippen LogP) is 2.82. The third-order valence-corrected chi connectivity index (χ3v) is 2.33. The van der Waals surface area contributed by atoms with E-state index in [1.54, 1.807) is 24.3 Å². The molecule has 0 saturated carbocycles. The molecule has 0 radical (unpaired) electrons. The Morgan fingerprint density at radius 3 is 2.67 bits per heavy atom. The van der Waals surface area contributed by atoms with E-state index in [0.717, 1.165) is 11.6 Å². The third-order valence-electron chi connectivity index (χ3n) is 2.33. The monoisotopic (exact) mass is 251 g/mol. The molecule has 0 unspecified atom stereocenters. The van der Waals surface area contributed by atoms with Crippen LogP contribution < -0.4 is 0 Å². The van der Waals surface area contributed by atoms with Crippen molar-refractivity contribution in [3.8, 4) is 6.07 Å². The van der Waals surface area contributed by atoms with Gasteiger partial charge in [-0.25, -0.2) is 0 Å². The number of nitrogens with zero attached hydrogens (tertiary/aromatic N) is 3. The minimum Gasteiger partial charge on any atom is -0.268 e. The topological polar surface area (TPSA) is 41.6 Å². The summed E-state index contributed by atoms with van der Waals surface area (Å²) < 4.78 is 38.2. The van der Waals surface area contributed by atoms with Gasteiger partial charge in [0, 0.05) is 6.20 Å². The van der Waals surface area contributed by atoms with Crippen LogP contribution in [0.5, 0.6) is 0 Å². The molecular formula is C12H8F3N3. The summed E-state index contributed by atoms with van der Waals surface area (Å²) in [6, 6.07) is 9.56. The Morgan fingerprint density at radius 2 is 2.06 bits per heavy atom. The van der Waals surface area contributed by atoms with Gasteiger partial charge in [0.15, 0.2) is 5.69 Å². The molecule has 0 aliphatic rings. The summed E-state index contributed by atoms with van der Waals surface area (Å²) in [5.74, 6) is 0. The molecule has 1 aromatic carbocycles. The first-order chi connectivity index (χ1) is 8.49. The molecule has 0 N–H and O–H groups in total. The normalized spacial score (nSPS) is 11.2. The molecule has 0 aliphatic heterocycles. The predicted molar refractivity (Wildman–Crippen MR) is 57.5 cm³/mol. The molecule has 0 amide bonds. The van der Waals surface area contributed by atoms with Crippen LogP contribution in [0.15, 0.2) is 36.5 Å². The van der Waals surface area contributed by atoms with Crippen molar-refractivity contribution in [1.29, 1.82) is 5.26 Å². The zero-order valence-electron chi connectivity index (χ0n) is 9.15. The van der Waals surface area contributed by atoms with Crippen LogP contribution in [0, 0.1) is 11.3 Å². The third kappa shape index (κ3) is 2.69. The second-order valence-corrected chi connectivity index (χ2v) is 3.71. The molecule has 0 bridgehead atoms. The molecule has 0 atom stereocenters. The maximum Gasteiger partial charge on any atom is 0.435 e. The van der Waals surface area contributed by atoms with Crippen LogP contribution in [0.2, 0.25) is 0 Å². The molecule has 0 fully saturated rings. The molecular weight excluding hydrogens is 243 g/mol. The maximum absolute atomic E-state index is 12.3. The van der Waals surface area contributed by atoms with E-state index in [0.29, 0.717) is 5.56 Å². The van der Waals surface area contributed by atoms with Crippen LogP contribution in [0.3, 0.4) is 0 Å². The highest BCUT2D eigenvalue weighted by molar-refractivity contribution is 5.32. The van der Waals surface area contributed by atoms with Crippen LogP contribution in [0.1, 0.15) is 16.8 Å². The van der Waals surface area contributed by atoms with E-state index >= 15 is 0 Å². The van der Waals surface area contributed by atoms with E-state index in [1.165, 1.54) is 10.9 Å². The van der Waals surface area contributed by atoms with E-state index < -0.39 is 11.9 Å². The first-order valence-electron chi connectivity index (χ1n) is 5.09. The van der Waals surface area contributed by atoms with Gasteiger partial charge in [0.1, 0.15) is 0 Å². The molecule has 1 aromatic heterocycles. The van der Waals surface area contributed by atoms with Crippen molar-refractivity contribution < 1.29 is 13.2 Å². The summed E-state index contributed by atoms with van der Waals surface area (Å²) in [7, 11) is 0. The first kappa shape index (κ1) is 12.2. The van der Waals surface area contributed by atoms with Crippen LogP contribution in [-0.4, -0.2) is 9.78 Å². The fourth-order valence-electron chi connectivity index (χ4n) is 1.53. The lowest BCUT2D eigenvalue weighted by atomic mass is 10.1. The lowest BCUT2D eigenvalue weighted by Crippen LogP contribution is -2.08. The highest BCUT2D eigenvalue weighted by Gasteiger charge is 2.33. The van der Waals surface area contributed by atoms with Crippen LogP contribution in [0.25, 0.3) is 0 Å². The van der Waals surface area contributed by atoms with Gasteiger partial charge in [-0.05, 0) is 23.8 Å². The lowest BCUT2D eigenvalue weighted by molar-refractivity contribution is -0.141. The Balaban J connectivity index is 2.19. The van der Waals surface area contributed by atoms with Crippen LogP contribution in [0.4, 0.5) is 13.2 Å². The van der Waals surface area contributed by atoms with Gasteiger partial charge in [-0.3, -0.25) is 4.68 Å². The summed E-state index contributed by atoms with van der Waals surface area (Å²) in [6.45, 7) is 0.200. The van der Waals surface area contributed by atoms with Gasteiger partial charge in [-0.1, -0.05) is 12.1 Å². The average molecular weight is 251 g/mol. The number of aromatic nitrogens is 2. The molecule has 1 heterocycles. The zero-order chi connectivity index (χ0) is 13.2. The first-order valence-corrected chi connectivity index (χ1v) is 5.09. The summed E-state index contributed by atoms with van der Waals surface area (Å²) in [5.41, 5.74) is 0.278. The van der Waals surface area contributed by atoms with Crippen molar-refractivity contribution in [1.82, 2.24) is 9.78 Å². The van der Waals surface area contributed by atoms with Gasteiger partial charge in [0.2, 0.25) is 0 Å². The Morgan fingerprint density at radius 1 is 1.28 bits per heavy atom. The van der Waals surface area contributed by atoms with Crippen molar-refractivity contribution in [3.05, 3.63) is 53.3 Å². The second kappa shape index (κ2) is 4.53. The highest BCUT2D eigenvalue weighted by Crippen LogP contribution is 2.27. The standard InChI is InChI=1S/C12H8F3N3/c13-12(14,15)11-4-5-18(17-11)8-10-3-1-2-9(6-10)7-16/h1-6H,8H2. The minimum absolute atomic E-state index is 0.200. The van der Waals surface area contributed by atoms with Crippen molar-refractivity contribution in [3.63, 3.8) is 0 Å². The molecule has 0 aliphatic carbocycles. The SMILES string of the molecule is N#Cc1cccc(Cn2ccc(C(F)(F)F)n2)c1. The van der Waals surface area contributed by atoms with E-state index in [4.69, 9.17) is 5.26 Å². The van der Waals surface area contributed by atoms with Gasteiger partial charge in [0.25, 0.3) is 0 Å². The molecule has 18 heavy (non-hydrogen) atoms. The second-order valence-electron chi connectivity index (χ2n) is 3.71. The van der Waals surface area contributed by atoms with Gasteiger partial charge in [0.05, 0.1) is 18.2 Å². The maximum atomic E-state index is 12.3. The van der Waals surface area contributed by atoms with Crippen LogP contribution in [-0.2, 0) is 12.7 Å². The number of hydrogen-bond acceptors (Lipinski definition) is 2. The Hall–Kier alpha value is -2.29. The molecule has 6 heteroatoms. The molecule has 2 rings (SSSR count). The van der Waals surface area contributed by atoms with Gasteiger partial charge in [-0.15, -0.1) is 0 Å². The smallest absolute Gasteiger partial charge is 0.268 e. The number of hydrogen-bond donors (Lipinski definition) is 0. The number of nitriles is 1. The summed E-state index contributed by atoms with van der Waals surface area (Å²) >= 11 is 0. The fraction of sp³-hybridized carbons (Fsp3) is 0.167. The highest BCUT2D eigenvalue weighted by atomic mass is 19.4. The number of rotatable bonds is 2. The number of benzene rings is 1. The van der Waals surface area contributed by atoms with Crippen molar-refractivity contribution in [2.24, 2.45) is 0 Å². The minimum atomic E-state index is -4.43. The van der Waals surface area contributed by atoms with Gasteiger partial charge in [-0.2, -0.15) is 23.5 Å². The summed E-state index contributed by atoms with van der Waals surface area (Å²) in [4.78, 5) is 0. The van der Waals surface area contributed by atoms with Crippen molar-refractivity contribution >= 4 is 0 Å². The molecule has 0 spiro atoms. The van der Waals surface area contributed by atoms with E-state index in [9.17, 15) is 13.2 Å². The Kier molecular flexibility index (Phi) is 3.06. The summed E-state index contributed by atoms with van der Waals surface area (Å²) in [6.07, 6.45) is -3.17. The van der Waals surface area contributed by atoms with Crippen molar-refractivity contribution in [2.45, 2.75) is 12.7 Å². The number of alkyl halides is 3.